The van der Waals surface area contributed by atoms with Crippen molar-refractivity contribution in [1.29, 1.82) is 0 Å². The molecule has 0 aliphatic rings. The van der Waals surface area contributed by atoms with Gasteiger partial charge in [-0.1, -0.05) is 48.5 Å². The first kappa shape index (κ1) is 31.2. The molecule has 0 aliphatic carbocycles. The van der Waals surface area contributed by atoms with Crippen molar-refractivity contribution in [2.24, 2.45) is 0 Å². The number of benzene rings is 3. The van der Waals surface area contributed by atoms with Crippen LogP contribution in [0.5, 0.6) is 5.75 Å². The number of carboxylic acids is 1. The van der Waals surface area contributed by atoms with E-state index in [0.717, 1.165) is 60.8 Å². The number of carbonyl (C=O) groups is 1. The molecule has 15 heteroatoms. The molecule has 0 radical (unpaired) electrons. The van der Waals surface area contributed by atoms with E-state index in [1.54, 1.807) is 0 Å². The number of hydrogen-bond donors (Lipinski definition) is 0. The van der Waals surface area contributed by atoms with Crippen molar-refractivity contribution in [1.82, 2.24) is 4.98 Å². The Hall–Kier alpha value is -3.33. The van der Waals surface area contributed by atoms with Gasteiger partial charge in [-0.2, -0.15) is 13.2 Å². The van der Waals surface area contributed by atoms with Crippen LogP contribution in [0.4, 0.5) is 32.2 Å². The monoisotopic (exact) mass is 592 g/mol. The number of carbonyl (C=O) groups excluding carboxylic acids is 1. The first-order valence-corrected chi connectivity index (χ1v) is 12.2. The molecular formula is C25H15F6N2NaO5S. The van der Waals surface area contributed by atoms with Crippen molar-refractivity contribution in [3.8, 4) is 5.75 Å². The zero-order valence-corrected chi connectivity index (χ0v) is 23.1. The third kappa shape index (κ3) is 6.86. The Kier molecular flexibility index (Phi) is 9.09. The van der Waals surface area contributed by atoms with E-state index in [1.807, 2.05) is 0 Å². The van der Waals surface area contributed by atoms with Gasteiger partial charge in [-0.3, -0.25) is 0 Å². The fourth-order valence-electron chi connectivity index (χ4n) is 3.75. The first-order valence-electron chi connectivity index (χ1n) is 10.8. The average molecular weight is 592 g/mol. The predicted octanol–water partition coefficient (Wildman–Crippen LogP) is 1.92. The molecular weight excluding hydrogens is 577 g/mol. The predicted molar refractivity (Wildman–Crippen MR) is 124 cm³/mol. The molecule has 0 bridgehead atoms. The van der Waals surface area contributed by atoms with Crippen LogP contribution in [0.2, 0.25) is 0 Å². The van der Waals surface area contributed by atoms with E-state index in [-0.39, 0.29) is 51.5 Å². The fraction of sp³-hybridized carbons (Fsp3) is 0.120. The molecule has 0 saturated carbocycles. The molecule has 4 rings (SSSR count). The van der Waals surface area contributed by atoms with Crippen molar-refractivity contribution >= 4 is 32.6 Å². The van der Waals surface area contributed by atoms with E-state index in [2.05, 4.69) is 9.72 Å². The smallest absolute Gasteiger partial charge is 0.545 e. The van der Waals surface area contributed by atoms with E-state index in [9.17, 15) is 44.7 Å². The molecule has 0 N–H and O–H groups in total. The largest absolute Gasteiger partial charge is 1.00 e. The van der Waals surface area contributed by atoms with Gasteiger partial charge >= 0.3 is 42.1 Å². The quantitative estimate of drug-likeness (QED) is 0.240. The average Bonchev–Trinajstić information content (AvgIpc) is 2.86. The summed E-state index contributed by atoms with van der Waals surface area (Å²) in [6, 6.07) is 12.7. The summed E-state index contributed by atoms with van der Waals surface area (Å²) in [5.74, 6) is -3.22. The van der Waals surface area contributed by atoms with Crippen LogP contribution in [0.3, 0.4) is 0 Å². The minimum atomic E-state index is -5.07. The van der Waals surface area contributed by atoms with Gasteiger partial charge in [0.2, 0.25) is 0 Å². The molecule has 0 amide bonds. The number of ether oxygens (including phenoxy) is 1. The van der Waals surface area contributed by atoms with E-state index in [1.165, 1.54) is 18.2 Å². The van der Waals surface area contributed by atoms with Crippen molar-refractivity contribution in [3.05, 3.63) is 95.7 Å². The van der Waals surface area contributed by atoms with Crippen molar-refractivity contribution in [3.63, 3.8) is 0 Å². The number of anilines is 1. The fourth-order valence-corrected chi connectivity index (χ4v) is 5.17. The Morgan fingerprint density at radius 3 is 2.05 bits per heavy atom. The summed E-state index contributed by atoms with van der Waals surface area (Å²) in [7, 11) is -4.84. The van der Waals surface area contributed by atoms with Crippen LogP contribution in [0.25, 0.3) is 10.8 Å². The molecule has 1 heterocycles. The van der Waals surface area contributed by atoms with Gasteiger partial charge in [0.15, 0.2) is 5.82 Å². The topological polar surface area (TPSA) is 99.6 Å². The number of fused-ring (bicyclic) bond motifs is 1. The molecule has 0 fully saturated rings. The van der Waals surface area contributed by atoms with Crippen LogP contribution >= 0.6 is 0 Å². The Balaban J connectivity index is 0.00000441. The van der Waals surface area contributed by atoms with Gasteiger partial charge in [0.05, 0.1) is 17.4 Å². The Labute approximate surface area is 245 Å². The SMILES string of the molecule is O=C([O-])c1ccc(S(=O)(=O)N(Cc2ccc(OC(F)(F)F)cc2)c2ncc3ccccc3c2C(F)(F)F)cc1.[Na+]. The second kappa shape index (κ2) is 11.6. The molecule has 0 unspecified atom stereocenters. The van der Waals surface area contributed by atoms with E-state index < -0.39 is 57.1 Å². The molecule has 0 spiro atoms. The van der Waals surface area contributed by atoms with Crippen molar-refractivity contribution in [2.45, 2.75) is 24.0 Å². The first-order chi connectivity index (χ1) is 18.2. The number of nitrogens with zero attached hydrogens (tertiary/aromatic N) is 2. The Morgan fingerprint density at radius 2 is 1.50 bits per heavy atom. The van der Waals surface area contributed by atoms with Crippen LogP contribution in [-0.2, 0) is 22.7 Å². The number of halogens is 6. The van der Waals surface area contributed by atoms with Crippen LogP contribution in [0.1, 0.15) is 21.5 Å². The number of aromatic nitrogens is 1. The maximum atomic E-state index is 14.4. The molecule has 204 valence electrons. The van der Waals surface area contributed by atoms with Crippen LogP contribution < -0.4 is 43.7 Å². The van der Waals surface area contributed by atoms with Crippen LogP contribution in [0, 0.1) is 0 Å². The van der Waals surface area contributed by atoms with Gasteiger partial charge in [-0.05, 0) is 40.8 Å². The number of rotatable bonds is 7. The molecule has 4 aromatic rings. The van der Waals surface area contributed by atoms with Crippen LogP contribution in [0.15, 0.2) is 83.9 Å². The molecule has 40 heavy (non-hydrogen) atoms. The number of pyridine rings is 1. The van der Waals surface area contributed by atoms with E-state index >= 15 is 0 Å². The van der Waals surface area contributed by atoms with Gasteiger partial charge in [-0.15, -0.1) is 13.2 Å². The van der Waals surface area contributed by atoms with E-state index in [4.69, 9.17) is 0 Å². The Bertz CT molecular complexity index is 1630. The standard InChI is InChI=1S/C25H16F6N2O5S.Na/c26-24(27,28)21-20-4-2-1-3-17(20)13-32-22(21)33(14-15-5-9-18(10-6-15)38-25(29,30)31)39(36,37)19-11-7-16(8-12-19)23(34)35;/h1-13H,14H2,(H,34,35);/q;+1/p-1. The zero-order chi connectivity index (χ0) is 28.6. The minimum absolute atomic E-state index is 0. The van der Waals surface area contributed by atoms with Crippen molar-refractivity contribution < 1.29 is 79.0 Å². The molecule has 1 aromatic heterocycles. The van der Waals surface area contributed by atoms with Gasteiger partial charge in [-0.25, -0.2) is 17.7 Å². The third-order valence-electron chi connectivity index (χ3n) is 5.46. The summed E-state index contributed by atoms with van der Waals surface area (Å²) in [6.45, 7) is -0.773. The second-order valence-corrected chi connectivity index (χ2v) is 9.92. The number of carboxylic acid groups (broad SMARTS) is 1. The summed E-state index contributed by atoms with van der Waals surface area (Å²) in [5.41, 5.74) is -1.73. The van der Waals surface area contributed by atoms with Gasteiger partial charge in [0.1, 0.15) is 11.3 Å². The number of hydrogen-bond acceptors (Lipinski definition) is 6. The van der Waals surface area contributed by atoms with Crippen LogP contribution in [-0.4, -0.2) is 25.7 Å². The third-order valence-corrected chi connectivity index (χ3v) is 7.21. The molecule has 0 atom stereocenters. The maximum absolute atomic E-state index is 14.4. The van der Waals surface area contributed by atoms with Gasteiger partial charge in [0, 0.05) is 11.6 Å². The maximum Gasteiger partial charge on any atom is 1.00 e. The van der Waals surface area contributed by atoms with Gasteiger partial charge in [0.25, 0.3) is 10.0 Å². The molecule has 3 aromatic carbocycles. The van der Waals surface area contributed by atoms with Gasteiger partial charge < -0.3 is 14.6 Å². The molecule has 0 aliphatic heterocycles. The second-order valence-electron chi connectivity index (χ2n) is 8.06. The van der Waals surface area contributed by atoms with E-state index in [0.29, 0.717) is 4.31 Å². The summed E-state index contributed by atoms with van der Waals surface area (Å²) >= 11 is 0. The number of alkyl halides is 6. The molecule has 7 nitrogen and oxygen atoms in total. The summed E-state index contributed by atoms with van der Waals surface area (Å²) in [5, 5.41) is 10.8. The normalized spacial score (nSPS) is 12.1. The Morgan fingerprint density at radius 1 is 0.900 bits per heavy atom. The molecule has 0 saturated heterocycles. The number of sulfonamides is 1. The summed E-state index contributed by atoms with van der Waals surface area (Å²) in [4.78, 5) is 14.3. The van der Waals surface area contributed by atoms with Crippen molar-refractivity contribution in [2.75, 3.05) is 4.31 Å². The summed E-state index contributed by atoms with van der Waals surface area (Å²) < 4.78 is 112. The number of aromatic carboxylic acids is 1. The summed E-state index contributed by atoms with van der Waals surface area (Å²) in [6.07, 6.45) is -9.01. The minimum Gasteiger partial charge on any atom is -0.545 e. The zero-order valence-electron chi connectivity index (χ0n) is 20.3.